The number of nitrogens with one attached hydrogen (secondary N) is 1. The van der Waals surface area contributed by atoms with Crippen LogP contribution in [0.3, 0.4) is 0 Å². The van der Waals surface area contributed by atoms with Gasteiger partial charge in [0.25, 0.3) is 5.91 Å². The largest absolute Gasteiger partial charge is 0.451 e. The highest BCUT2D eigenvalue weighted by Gasteiger charge is 2.22. The lowest BCUT2D eigenvalue weighted by molar-refractivity contribution is 0.0999. The Bertz CT molecular complexity index is 929. The molecule has 0 atom stereocenters. The van der Waals surface area contributed by atoms with Gasteiger partial charge in [0.1, 0.15) is 16.7 Å². The van der Waals surface area contributed by atoms with E-state index in [4.69, 9.17) is 4.42 Å². The van der Waals surface area contributed by atoms with E-state index in [-0.39, 0.29) is 11.7 Å². The molecule has 1 aliphatic carbocycles. The van der Waals surface area contributed by atoms with Crippen LogP contribution < -0.4 is 5.32 Å². The molecule has 1 aromatic carbocycles. The molecule has 0 bridgehead atoms. The quantitative estimate of drug-likeness (QED) is 0.678. The zero-order valence-electron chi connectivity index (χ0n) is 13.1. The predicted molar refractivity (Wildman–Crippen MR) is 94.5 cm³/mol. The van der Waals surface area contributed by atoms with E-state index >= 15 is 0 Å². The first-order valence-corrected chi connectivity index (χ1v) is 8.92. The Hall–Kier alpha value is -2.58. The van der Waals surface area contributed by atoms with Gasteiger partial charge in [0.2, 0.25) is 0 Å². The van der Waals surface area contributed by atoms with Crippen molar-refractivity contribution in [3.8, 4) is 6.07 Å². The van der Waals surface area contributed by atoms with Crippen molar-refractivity contribution in [3.05, 3.63) is 52.1 Å². The summed E-state index contributed by atoms with van der Waals surface area (Å²) in [5, 5.41) is 14.0. The second kappa shape index (κ2) is 6.14. The number of carbonyl (C=O) groups excluding carboxylic acids is 1. The molecule has 0 saturated carbocycles. The number of aryl methyl sites for hydroxylation is 1. The number of carbonyl (C=O) groups is 1. The third-order valence-electron chi connectivity index (χ3n) is 4.41. The van der Waals surface area contributed by atoms with E-state index in [0.717, 1.165) is 36.6 Å². The van der Waals surface area contributed by atoms with Gasteiger partial charge < -0.3 is 9.73 Å². The maximum Gasteiger partial charge on any atom is 0.292 e. The third kappa shape index (κ3) is 2.59. The van der Waals surface area contributed by atoms with E-state index in [9.17, 15) is 10.1 Å². The van der Waals surface area contributed by atoms with Crippen LogP contribution in [0.5, 0.6) is 0 Å². The SMILES string of the molecule is N#Cc1c(NC(=O)c2cc3ccccc3o2)sc2c1CCCCC2. The van der Waals surface area contributed by atoms with E-state index in [1.165, 1.54) is 22.6 Å². The van der Waals surface area contributed by atoms with Crippen LogP contribution in [0.1, 0.15) is 45.8 Å². The molecule has 5 heteroatoms. The number of hydrogen-bond donors (Lipinski definition) is 1. The van der Waals surface area contributed by atoms with Gasteiger partial charge in [-0.05, 0) is 43.4 Å². The van der Waals surface area contributed by atoms with Crippen molar-refractivity contribution in [3.63, 3.8) is 0 Å². The average molecular weight is 336 g/mol. The molecular weight excluding hydrogens is 320 g/mol. The summed E-state index contributed by atoms with van der Waals surface area (Å²) in [5.74, 6) is -0.0391. The highest BCUT2D eigenvalue weighted by molar-refractivity contribution is 7.16. The Morgan fingerprint density at radius 1 is 1.21 bits per heavy atom. The fourth-order valence-electron chi connectivity index (χ4n) is 3.21. The Balaban J connectivity index is 1.65. The van der Waals surface area contributed by atoms with E-state index < -0.39 is 0 Å². The molecular formula is C19H16N2O2S. The zero-order chi connectivity index (χ0) is 16.5. The molecule has 1 amide bonds. The monoisotopic (exact) mass is 336 g/mol. The molecule has 0 spiro atoms. The van der Waals surface area contributed by atoms with Crippen LogP contribution in [0.15, 0.2) is 34.7 Å². The number of furan rings is 1. The van der Waals surface area contributed by atoms with Crippen molar-refractivity contribution in [1.82, 2.24) is 0 Å². The number of nitrogens with zero attached hydrogens (tertiary/aromatic N) is 1. The van der Waals surface area contributed by atoms with E-state index in [1.54, 1.807) is 6.07 Å². The lowest BCUT2D eigenvalue weighted by Gasteiger charge is -2.01. The maximum absolute atomic E-state index is 12.5. The van der Waals surface area contributed by atoms with Gasteiger partial charge in [-0.1, -0.05) is 24.6 Å². The number of rotatable bonds is 2. The molecule has 4 nitrogen and oxygen atoms in total. The van der Waals surface area contributed by atoms with Crippen molar-refractivity contribution in [2.45, 2.75) is 32.1 Å². The second-order valence-corrected chi connectivity index (χ2v) is 7.09. The summed E-state index contributed by atoms with van der Waals surface area (Å²) in [6, 6.07) is 11.5. The van der Waals surface area contributed by atoms with Crippen molar-refractivity contribution in [1.29, 1.82) is 5.26 Å². The first-order chi connectivity index (χ1) is 11.8. The lowest BCUT2D eigenvalue weighted by atomic mass is 10.1. The number of nitriles is 1. The van der Waals surface area contributed by atoms with Gasteiger partial charge in [-0.15, -0.1) is 11.3 Å². The van der Waals surface area contributed by atoms with Gasteiger partial charge in [0, 0.05) is 10.3 Å². The van der Waals surface area contributed by atoms with Crippen molar-refractivity contribution in [2.75, 3.05) is 5.32 Å². The molecule has 1 N–H and O–H groups in total. The average Bonchev–Trinajstić information content (AvgIpc) is 3.09. The van der Waals surface area contributed by atoms with Crippen LogP contribution >= 0.6 is 11.3 Å². The third-order valence-corrected chi connectivity index (χ3v) is 5.62. The van der Waals surface area contributed by atoms with E-state index in [1.807, 2.05) is 24.3 Å². The standard InChI is InChI=1S/C19H16N2O2S/c20-11-14-13-7-2-1-3-9-17(13)24-19(14)21-18(22)16-10-12-6-4-5-8-15(12)23-16/h4-6,8,10H,1-3,7,9H2,(H,21,22). The molecule has 3 aromatic rings. The first-order valence-electron chi connectivity index (χ1n) is 8.11. The minimum Gasteiger partial charge on any atom is -0.451 e. The van der Waals surface area contributed by atoms with E-state index in [2.05, 4.69) is 11.4 Å². The summed E-state index contributed by atoms with van der Waals surface area (Å²) < 4.78 is 5.61. The molecule has 0 aliphatic heterocycles. The Labute approximate surface area is 143 Å². The van der Waals surface area contributed by atoms with Crippen LogP contribution in [-0.2, 0) is 12.8 Å². The minimum absolute atomic E-state index is 0.267. The van der Waals surface area contributed by atoms with Crippen LogP contribution in [0.4, 0.5) is 5.00 Å². The van der Waals surface area contributed by atoms with Crippen LogP contribution in [0, 0.1) is 11.3 Å². The Kier molecular flexibility index (Phi) is 3.83. The Morgan fingerprint density at radius 2 is 2.04 bits per heavy atom. The molecule has 2 heterocycles. The summed E-state index contributed by atoms with van der Waals surface area (Å²) in [7, 11) is 0. The second-order valence-electron chi connectivity index (χ2n) is 5.98. The molecule has 0 fully saturated rings. The molecule has 120 valence electrons. The number of para-hydroxylation sites is 1. The summed E-state index contributed by atoms with van der Waals surface area (Å²) in [6.45, 7) is 0. The highest BCUT2D eigenvalue weighted by Crippen LogP contribution is 2.37. The molecule has 4 rings (SSSR count). The highest BCUT2D eigenvalue weighted by atomic mass is 32.1. The van der Waals surface area contributed by atoms with Crippen molar-refractivity contribution >= 4 is 33.2 Å². The van der Waals surface area contributed by atoms with Gasteiger partial charge in [0.15, 0.2) is 5.76 Å². The normalized spacial score (nSPS) is 14.0. The summed E-state index contributed by atoms with van der Waals surface area (Å²) >= 11 is 1.53. The smallest absolute Gasteiger partial charge is 0.292 e. The molecule has 0 unspecified atom stereocenters. The fourth-order valence-corrected chi connectivity index (χ4v) is 4.44. The molecule has 2 aromatic heterocycles. The van der Waals surface area contributed by atoms with Crippen LogP contribution in [0.2, 0.25) is 0 Å². The number of fused-ring (bicyclic) bond motifs is 2. The van der Waals surface area contributed by atoms with Gasteiger partial charge in [-0.2, -0.15) is 5.26 Å². The number of benzene rings is 1. The first kappa shape index (κ1) is 15.0. The number of amides is 1. The predicted octanol–water partition coefficient (Wildman–Crippen LogP) is 4.89. The number of thiophene rings is 1. The molecule has 1 aliphatic rings. The summed E-state index contributed by atoms with van der Waals surface area (Å²) in [6.07, 6.45) is 5.38. The minimum atomic E-state index is -0.306. The summed E-state index contributed by atoms with van der Waals surface area (Å²) in [4.78, 5) is 13.8. The van der Waals surface area contributed by atoms with Gasteiger partial charge in [0.05, 0.1) is 5.56 Å². The topological polar surface area (TPSA) is 66.0 Å². The van der Waals surface area contributed by atoms with Gasteiger partial charge in [-0.3, -0.25) is 4.79 Å². The fraction of sp³-hybridized carbons (Fsp3) is 0.263. The van der Waals surface area contributed by atoms with E-state index in [0.29, 0.717) is 16.1 Å². The Morgan fingerprint density at radius 3 is 2.88 bits per heavy atom. The number of anilines is 1. The lowest BCUT2D eigenvalue weighted by Crippen LogP contribution is -2.10. The molecule has 0 saturated heterocycles. The van der Waals surface area contributed by atoms with Crippen molar-refractivity contribution in [2.24, 2.45) is 0 Å². The van der Waals surface area contributed by atoms with Crippen LogP contribution in [-0.4, -0.2) is 5.91 Å². The molecule has 24 heavy (non-hydrogen) atoms. The molecule has 0 radical (unpaired) electrons. The number of hydrogen-bond acceptors (Lipinski definition) is 4. The van der Waals surface area contributed by atoms with Crippen LogP contribution in [0.25, 0.3) is 11.0 Å². The maximum atomic E-state index is 12.5. The van der Waals surface area contributed by atoms with Gasteiger partial charge >= 0.3 is 0 Å². The van der Waals surface area contributed by atoms with Crippen molar-refractivity contribution < 1.29 is 9.21 Å². The van der Waals surface area contributed by atoms with Gasteiger partial charge in [-0.25, -0.2) is 0 Å². The zero-order valence-corrected chi connectivity index (χ0v) is 13.9. The summed E-state index contributed by atoms with van der Waals surface area (Å²) in [5.41, 5.74) is 2.44.